The Morgan fingerprint density at radius 1 is 1.05 bits per heavy atom. The lowest BCUT2D eigenvalue weighted by atomic mass is 9.63. The van der Waals surface area contributed by atoms with E-state index in [2.05, 4.69) is 38.3 Å². The first-order valence-corrected chi connectivity index (χ1v) is 7.79. The Bertz CT molecular complexity index is 449. The first-order chi connectivity index (χ1) is 9.26. The van der Waals surface area contributed by atoms with Crippen molar-refractivity contribution < 1.29 is 0 Å². The molecule has 0 atom stereocenters. The molecule has 20 heavy (non-hydrogen) atoms. The second kappa shape index (κ2) is 5.72. The van der Waals surface area contributed by atoms with Crippen LogP contribution in [0.3, 0.4) is 0 Å². The van der Waals surface area contributed by atoms with Gasteiger partial charge in [-0.3, -0.25) is 0 Å². The van der Waals surface area contributed by atoms with Crippen molar-refractivity contribution in [3.63, 3.8) is 0 Å². The molecule has 2 N–H and O–H groups in total. The summed E-state index contributed by atoms with van der Waals surface area (Å²) < 4.78 is 0. The molecule has 1 saturated carbocycles. The quantitative estimate of drug-likeness (QED) is 0.780. The van der Waals surface area contributed by atoms with Crippen LogP contribution in [0.15, 0.2) is 30.3 Å². The number of hydrogen-bond acceptors (Lipinski definition) is 1. The molecule has 110 valence electrons. The van der Waals surface area contributed by atoms with E-state index in [9.17, 15) is 0 Å². The Hall–Kier alpha value is -1.09. The Kier molecular flexibility index (Phi) is 4.38. The van der Waals surface area contributed by atoms with E-state index in [0.717, 1.165) is 10.8 Å². The van der Waals surface area contributed by atoms with Crippen LogP contribution in [-0.4, -0.2) is 11.2 Å². The number of rotatable bonds is 2. The summed E-state index contributed by atoms with van der Waals surface area (Å²) in [5, 5.41) is 7.49. The van der Waals surface area contributed by atoms with Crippen molar-refractivity contribution in [1.29, 1.82) is 0 Å². The molecule has 1 aromatic rings. The maximum Gasteiger partial charge on any atom is 0.170 e. The van der Waals surface area contributed by atoms with E-state index in [1.165, 1.54) is 19.3 Å². The fraction of sp³-hybridized carbons (Fsp3) is 0.588. The zero-order chi connectivity index (χ0) is 14.8. The van der Waals surface area contributed by atoms with E-state index in [-0.39, 0.29) is 0 Å². The van der Waals surface area contributed by atoms with Crippen LogP contribution in [0.4, 0.5) is 5.69 Å². The molecule has 1 fully saturated rings. The van der Waals surface area contributed by atoms with Gasteiger partial charge in [-0.25, -0.2) is 0 Å². The van der Waals surface area contributed by atoms with Crippen molar-refractivity contribution in [2.75, 3.05) is 5.32 Å². The van der Waals surface area contributed by atoms with Crippen molar-refractivity contribution in [1.82, 2.24) is 5.32 Å². The highest BCUT2D eigenvalue weighted by molar-refractivity contribution is 7.80. The SMILES string of the molecule is CC1(C)CC(NC(=S)Nc2ccccc2)CC(C)(C)C1. The van der Waals surface area contributed by atoms with Gasteiger partial charge in [0.25, 0.3) is 0 Å². The summed E-state index contributed by atoms with van der Waals surface area (Å²) in [5.74, 6) is 0. The molecule has 0 unspecified atom stereocenters. The van der Waals surface area contributed by atoms with E-state index in [1.807, 2.05) is 30.3 Å². The van der Waals surface area contributed by atoms with Crippen LogP contribution in [-0.2, 0) is 0 Å². The van der Waals surface area contributed by atoms with Crippen LogP contribution in [0.5, 0.6) is 0 Å². The van der Waals surface area contributed by atoms with Crippen LogP contribution in [0, 0.1) is 10.8 Å². The molecular weight excluding hydrogens is 264 g/mol. The Morgan fingerprint density at radius 3 is 2.15 bits per heavy atom. The molecule has 1 aliphatic rings. The van der Waals surface area contributed by atoms with Gasteiger partial charge in [-0.2, -0.15) is 0 Å². The number of benzene rings is 1. The molecule has 2 nitrogen and oxygen atoms in total. The summed E-state index contributed by atoms with van der Waals surface area (Å²) in [4.78, 5) is 0. The summed E-state index contributed by atoms with van der Waals surface area (Å²) in [6.45, 7) is 9.43. The molecule has 0 heterocycles. The first kappa shape index (κ1) is 15.3. The molecule has 0 aromatic heterocycles. The van der Waals surface area contributed by atoms with Gasteiger partial charge in [0.1, 0.15) is 0 Å². The lowest BCUT2D eigenvalue weighted by molar-refractivity contribution is 0.0924. The van der Waals surface area contributed by atoms with Crippen LogP contribution in [0.25, 0.3) is 0 Å². The smallest absolute Gasteiger partial charge is 0.170 e. The first-order valence-electron chi connectivity index (χ1n) is 7.38. The largest absolute Gasteiger partial charge is 0.360 e. The van der Waals surface area contributed by atoms with Crippen molar-refractivity contribution in [2.45, 2.75) is 53.0 Å². The Labute approximate surface area is 128 Å². The predicted molar refractivity (Wildman–Crippen MR) is 91.0 cm³/mol. The second-order valence-corrected chi connectivity index (χ2v) is 7.98. The minimum absolute atomic E-state index is 0.377. The molecule has 0 saturated heterocycles. The van der Waals surface area contributed by atoms with E-state index >= 15 is 0 Å². The number of anilines is 1. The summed E-state index contributed by atoms with van der Waals surface area (Å²) in [6.07, 6.45) is 3.62. The summed E-state index contributed by atoms with van der Waals surface area (Å²) in [7, 11) is 0. The number of hydrogen-bond donors (Lipinski definition) is 2. The highest BCUT2D eigenvalue weighted by Crippen LogP contribution is 2.45. The zero-order valence-corrected chi connectivity index (χ0v) is 13.8. The molecule has 0 amide bonds. The number of thiocarbonyl (C=S) groups is 1. The molecule has 0 bridgehead atoms. The van der Waals surface area contributed by atoms with Gasteiger partial charge >= 0.3 is 0 Å². The lowest BCUT2D eigenvalue weighted by Crippen LogP contribution is -2.47. The van der Waals surface area contributed by atoms with Crippen molar-refractivity contribution in [3.8, 4) is 0 Å². The third-order valence-corrected chi connectivity index (χ3v) is 4.14. The van der Waals surface area contributed by atoms with Gasteiger partial charge in [0.15, 0.2) is 5.11 Å². The van der Waals surface area contributed by atoms with Crippen LogP contribution in [0.1, 0.15) is 47.0 Å². The van der Waals surface area contributed by atoms with Gasteiger partial charge in [-0.15, -0.1) is 0 Å². The maximum absolute atomic E-state index is 5.44. The lowest BCUT2D eigenvalue weighted by Gasteiger charge is -2.45. The fourth-order valence-electron chi connectivity index (χ4n) is 3.82. The van der Waals surface area contributed by atoms with Gasteiger partial charge in [0.05, 0.1) is 0 Å². The summed E-state index contributed by atoms with van der Waals surface area (Å²) >= 11 is 5.44. The van der Waals surface area contributed by atoms with Crippen molar-refractivity contribution in [3.05, 3.63) is 30.3 Å². The molecule has 0 radical (unpaired) electrons. The normalized spacial score (nSPS) is 21.2. The number of nitrogens with one attached hydrogen (secondary N) is 2. The third kappa shape index (κ3) is 4.48. The highest BCUT2D eigenvalue weighted by Gasteiger charge is 2.38. The van der Waals surface area contributed by atoms with Crippen LogP contribution >= 0.6 is 12.2 Å². The minimum Gasteiger partial charge on any atom is -0.360 e. The van der Waals surface area contributed by atoms with E-state index < -0.39 is 0 Å². The standard InChI is InChI=1S/C17H26N2S/c1-16(2)10-14(11-17(3,4)12-16)19-15(20)18-13-8-6-5-7-9-13/h5-9,14H,10-12H2,1-4H3,(H2,18,19,20). The van der Waals surface area contributed by atoms with Gasteiger partial charge < -0.3 is 10.6 Å². The van der Waals surface area contributed by atoms with Gasteiger partial charge in [0.2, 0.25) is 0 Å². The van der Waals surface area contributed by atoms with Crippen LogP contribution < -0.4 is 10.6 Å². The second-order valence-electron chi connectivity index (χ2n) is 7.57. The maximum atomic E-state index is 5.44. The monoisotopic (exact) mass is 290 g/mol. The summed E-state index contributed by atoms with van der Waals surface area (Å²) in [6, 6.07) is 10.5. The molecule has 0 aliphatic heterocycles. The molecule has 1 aliphatic carbocycles. The Morgan fingerprint density at radius 2 is 1.60 bits per heavy atom. The van der Waals surface area contributed by atoms with Gasteiger partial charge in [-0.05, 0) is 54.4 Å². The molecule has 0 spiro atoms. The van der Waals surface area contributed by atoms with Crippen molar-refractivity contribution in [2.24, 2.45) is 10.8 Å². The third-order valence-electron chi connectivity index (χ3n) is 3.92. The topological polar surface area (TPSA) is 24.1 Å². The zero-order valence-electron chi connectivity index (χ0n) is 13.0. The highest BCUT2D eigenvalue weighted by atomic mass is 32.1. The van der Waals surface area contributed by atoms with E-state index in [1.54, 1.807) is 0 Å². The fourth-order valence-corrected chi connectivity index (χ4v) is 4.11. The van der Waals surface area contributed by atoms with Crippen molar-refractivity contribution >= 4 is 23.0 Å². The van der Waals surface area contributed by atoms with Crippen LogP contribution in [0.2, 0.25) is 0 Å². The summed E-state index contributed by atoms with van der Waals surface area (Å²) in [5.41, 5.74) is 1.79. The average Bonchev–Trinajstić information content (AvgIpc) is 2.25. The average molecular weight is 290 g/mol. The van der Waals surface area contributed by atoms with E-state index in [0.29, 0.717) is 16.9 Å². The Balaban J connectivity index is 1.94. The molecule has 2 rings (SSSR count). The number of para-hydroxylation sites is 1. The molecular formula is C17H26N2S. The molecule has 3 heteroatoms. The predicted octanol–water partition coefficient (Wildman–Crippen LogP) is 4.58. The van der Waals surface area contributed by atoms with Gasteiger partial charge in [-0.1, -0.05) is 45.9 Å². The van der Waals surface area contributed by atoms with Gasteiger partial charge in [0, 0.05) is 11.7 Å². The van der Waals surface area contributed by atoms with E-state index in [4.69, 9.17) is 12.2 Å². The minimum atomic E-state index is 0.377. The molecule has 1 aromatic carbocycles.